The Morgan fingerprint density at radius 2 is 1.63 bits per heavy atom. The summed E-state index contributed by atoms with van der Waals surface area (Å²) in [7, 11) is -9.77. The molecule has 0 unspecified atom stereocenters. The van der Waals surface area contributed by atoms with Crippen molar-refractivity contribution in [2.24, 2.45) is 0 Å². The second-order valence-electron chi connectivity index (χ2n) is 8.82. The van der Waals surface area contributed by atoms with Gasteiger partial charge in [0, 0.05) is 37.9 Å². The van der Waals surface area contributed by atoms with Crippen molar-refractivity contribution in [3.63, 3.8) is 0 Å². The Morgan fingerprint density at radius 1 is 0.971 bits per heavy atom. The van der Waals surface area contributed by atoms with Crippen LogP contribution >= 0.6 is 10.2 Å². The lowest BCUT2D eigenvalue weighted by atomic mass is 9.89. The summed E-state index contributed by atoms with van der Waals surface area (Å²) in [4.78, 5) is 26.8. The molecule has 0 aliphatic carbocycles. The number of aromatic nitrogens is 3. The second-order valence-corrected chi connectivity index (χ2v) is 11.2. The Labute approximate surface area is 198 Å². The number of fused-ring (bicyclic) bond motifs is 1. The maximum atomic E-state index is 12.9. The van der Waals surface area contributed by atoms with Crippen LogP contribution in [0.25, 0.3) is 11.2 Å². The predicted molar refractivity (Wildman–Crippen MR) is 123 cm³/mol. The van der Waals surface area contributed by atoms with Gasteiger partial charge < -0.3 is 19.5 Å². The van der Waals surface area contributed by atoms with Crippen molar-refractivity contribution in [1.82, 2.24) is 19.9 Å². The lowest BCUT2D eigenvalue weighted by molar-refractivity contribution is 0.0713. The minimum Gasteiger partial charge on any atom is -0.378 e. The average Bonchev–Trinajstić information content (AvgIpc) is 3.28. The molecule has 1 N–H and O–H groups in total. The summed E-state index contributed by atoms with van der Waals surface area (Å²) in [6, 6.07) is 4.11. The number of rotatable bonds is 4. The van der Waals surface area contributed by atoms with Gasteiger partial charge in [0.25, 0.3) is 5.91 Å². The van der Waals surface area contributed by atoms with Crippen LogP contribution in [0.3, 0.4) is 0 Å². The molecular weight excluding hydrogens is 493 g/mol. The monoisotopic (exact) mass is 517 g/mol. The van der Waals surface area contributed by atoms with Crippen LogP contribution in [-0.2, 0) is 4.74 Å². The van der Waals surface area contributed by atoms with Gasteiger partial charge in [-0.2, -0.15) is 4.98 Å². The number of halogens is 5. The molecule has 13 heteroatoms. The Bertz CT molecular complexity index is 1250. The SMILES string of the molecule is O=C(c1ccc(S(F)(F)(F)(F)F)cc1)N1CCC(c2ccnc3nc(N4CCOCC4)[nH]c23)CC1. The van der Waals surface area contributed by atoms with Gasteiger partial charge in [-0.1, -0.05) is 19.4 Å². The molecule has 0 spiro atoms. The number of piperidine rings is 1. The van der Waals surface area contributed by atoms with E-state index in [2.05, 4.69) is 19.9 Å². The minimum absolute atomic E-state index is 0.0518. The first kappa shape index (κ1) is 23.8. The van der Waals surface area contributed by atoms with Crippen LogP contribution in [0.15, 0.2) is 41.4 Å². The fourth-order valence-corrected chi connectivity index (χ4v) is 5.26. The van der Waals surface area contributed by atoms with Crippen molar-refractivity contribution in [3.05, 3.63) is 47.7 Å². The van der Waals surface area contributed by atoms with Crippen molar-refractivity contribution >= 4 is 33.2 Å². The maximum Gasteiger partial charge on any atom is 0.310 e. The van der Waals surface area contributed by atoms with Crippen molar-refractivity contribution < 1.29 is 29.0 Å². The number of carbonyl (C=O) groups excluding carboxylic acids is 1. The average molecular weight is 518 g/mol. The number of likely N-dealkylation sites (tertiary alicyclic amines) is 1. The molecule has 2 saturated heterocycles. The van der Waals surface area contributed by atoms with Gasteiger partial charge in [0.05, 0.1) is 18.7 Å². The van der Waals surface area contributed by atoms with Crippen LogP contribution in [0.2, 0.25) is 0 Å². The molecule has 3 aromatic rings. The quantitative estimate of drug-likeness (QED) is 0.465. The maximum absolute atomic E-state index is 12.9. The van der Waals surface area contributed by atoms with E-state index in [0.29, 0.717) is 44.8 Å². The number of anilines is 1. The summed E-state index contributed by atoms with van der Waals surface area (Å²) in [6.07, 6.45) is 2.99. The number of nitrogens with zero attached hydrogens (tertiary/aromatic N) is 4. The summed E-state index contributed by atoms with van der Waals surface area (Å²) in [5, 5.41) is 0. The largest absolute Gasteiger partial charge is 0.378 e. The number of amides is 1. The minimum atomic E-state index is -9.77. The van der Waals surface area contributed by atoms with Gasteiger partial charge in [0.2, 0.25) is 5.95 Å². The molecule has 4 heterocycles. The van der Waals surface area contributed by atoms with Crippen molar-refractivity contribution in [2.75, 3.05) is 44.3 Å². The Hall–Kier alpha value is -2.93. The summed E-state index contributed by atoms with van der Waals surface area (Å²) >= 11 is 0. The molecule has 5 rings (SSSR count). The number of nitrogens with one attached hydrogen (secondary N) is 1. The number of pyridine rings is 1. The number of H-pyrrole nitrogens is 1. The van der Waals surface area contributed by atoms with Gasteiger partial charge in [0.1, 0.15) is 4.90 Å². The number of benzene rings is 1. The highest BCUT2D eigenvalue weighted by Crippen LogP contribution is 3.02. The first-order valence-electron chi connectivity index (χ1n) is 11.2. The van der Waals surface area contributed by atoms with E-state index in [1.165, 1.54) is 4.90 Å². The van der Waals surface area contributed by atoms with Gasteiger partial charge in [0.15, 0.2) is 5.65 Å². The molecule has 7 nitrogen and oxygen atoms in total. The molecule has 2 aliphatic rings. The van der Waals surface area contributed by atoms with E-state index in [9.17, 15) is 24.2 Å². The first-order chi connectivity index (χ1) is 16.4. The normalized spacial score (nSPS) is 20.0. The van der Waals surface area contributed by atoms with E-state index < -0.39 is 21.0 Å². The number of carbonyl (C=O) groups is 1. The number of ether oxygens (including phenoxy) is 1. The fraction of sp³-hybridized carbons (Fsp3) is 0.409. The number of imidazole rings is 1. The lowest BCUT2D eigenvalue weighted by Gasteiger charge is -2.40. The third-order valence-corrected chi connectivity index (χ3v) is 7.65. The van der Waals surface area contributed by atoms with Crippen molar-refractivity contribution in [3.8, 4) is 0 Å². The molecule has 2 aliphatic heterocycles. The summed E-state index contributed by atoms with van der Waals surface area (Å²) in [6.45, 7) is 3.51. The molecule has 1 aromatic carbocycles. The highest BCUT2D eigenvalue weighted by Gasteiger charge is 2.65. The van der Waals surface area contributed by atoms with Gasteiger partial charge in [-0.25, -0.2) is 4.98 Å². The lowest BCUT2D eigenvalue weighted by Crippen LogP contribution is -2.38. The molecule has 1 amide bonds. The van der Waals surface area contributed by atoms with Crippen LogP contribution in [0.4, 0.5) is 25.4 Å². The van der Waals surface area contributed by atoms with E-state index >= 15 is 0 Å². The highest BCUT2D eigenvalue weighted by atomic mass is 32.5. The first-order valence-corrected chi connectivity index (χ1v) is 13.1. The van der Waals surface area contributed by atoms with Crippen molar-refractivity contribution in [2.45, 2.75) is 23.7 Å². The van der Waals surface area contributed by atoms with Crippen LogP contribution in [0.1, 0.15) is 34.7 Å². The van der Waals surface area contributed by atoms with Crippen molar-refractivity contribution in [1.29, 1.82) is 0 Å². The zero-order valence-electron chi connectivity index (χ0n) is 18.6. The Morgan fingerprint density at radius 3 is 2.26 bits per heavy atom. The molecular formula is C22H24F5N5O2S. The Kier molecular flexibility index (Phi) is 5.29. The molecule has 2 aromatic heterocycles. The number of hydrogen-bond donors (Lipinski definition) is 1. The zero-order valence-corrected chi connectivity index (χ0v) is 19.4. The number of morpholine rings is 1. The molecule has 0 atom stereocenters. The number of aromatic amines is 1. The smallest absolute Gasteiger partial charge is 0.310 e. The summed E-state index contributed by atoms with van der Waals surface area (Å²) in [5.74, 6) is 0.400. The molecule has 0 saturated carbocycles. The molecule has 190 valence electrons. The predicted octanol–water partition coefficient (Wildman–Crippen LogP) is 5.47. The topological polar surface area (TPSA) is 74.3 Å². The summed E-state index contributed by atoms with van der Waals surface area (Å²) < 4.78 is 70.1. The van der Waals surface area contributed by atoms with Gasteiger partial charge in [-0.05, 0) is 54.7 Å². The summed E-state index contributed by atoms with van der Waals surface area (Å²) in [5.41, 5.74) is 2.47. The van der Waals surface area contributed by atoms with Gasteiger partial charge in [-0.3, -0.25) is 4.79 Å². The van der Waals surface area contributed by atoms with E-state index in [-0.39, 0.29) is 23.6 Å². The standard InChI is InChI=1S/C22H24F5N5O2S/c23-35(24,25,26,27)17-3-1-16(2-4-17)21(33)31-9-6-15(7-10-31)18-5-8-28-20-19(18)29-22(30-20)32-11-13-34-14-12-32/h1-5,8,15H,6-7,9-14H2,(H,28,29,30). The van der Waals surface area contributed by atoms with Crippen LogP contribution in [-0.4, -0.2) is 65.2 Å². The van der Waals surface area contributed by atoms with E-state index in [1.54, 1.807) is 6.20 Å². The van der Waals surface area contributed by atoms with Crippen LogP contribution in [0, 0.1) is 0 Å². The highest BCUT2D eigenvalue weighted by molar-refractivity contribution is 8.45. The Balaban J connectivity index is 1.28. The van der Waals surface area contributed by atoms with Crippen LogP contribution in [0.5, 0.6) is 0 Å². The molecule has 0 radical (unpaired) electrons. The van der Waals surface area contributed by atoms with E-state index in [1.807, 2.05) is 6.07 Å². The van der Waals surface area contributed by atoms with E-state index in [0.717, 1.165) is 42.3 Å². The molecule has 2 fully saturated rings. The van der Waals surface area contributed by atoms with E-state index in [4.69, 9.17) is 4.74 Å². The third kappa shape index (κ3) is 4.92. The molecule has 35 heavy (non-hydrogen) atoms. The van der Waals surface area contributed by atoms with Crippen LogP contribution < -0.4 is 4.90 Å². The molecule has 0 bridgehead atoms. The zero-order chi connectivity index (χ0) is 24.9. The van der Waals surface area contributed by atoms with Gasteiger partial charge in [-0.15, -0.1) is 0 Å². The second kappa shape index (κ2) is 7.79. The third-order valence-electron chi connectivity index (χ3n) is 6.49. The fourth-order valence-electron chi connectivity index (χ4n) is 4.61. The van der Waals surface area contributed by atoms with Gasteiger partial charge >= 0.3 is 10.2 Å². The number of hydrogen-bond acceptors (Lipinski definition) is 5.